The predicted molar refractivity (Wildman–Crippen MR) is 70.3 cm³/mol. The van der Waals surface area contributed by atoms with Gasteiger partial charge in [0, 0.05) is 19.1 Å². The van der Waals surface area contributed by atoms with Crippen molar-refractivity contribution >= 4 is 26.0 Å². The second-order valence-electron chi connectivity index (χ2n) is 4.21. The van der Waals surface area contributed by atoms with E-state index in [1.54, 1.807) is 7.05 Å². The van der Waals surface area contributed by atoms with Crippen molar-refractivity contribution in [3.63, 3.8) is 0 Å². The largest absolute Gasteiger partial charge is 0.316 e. The summed E-state index contributed by atoms with van der Waals surface area (Å²) in [5, 5.41) is 3.05. The van der Waals surface area contributed by atoms with Gasteiger partial charge in [-0.1, -0.05) is 0 Å². The Balaban J connectivity index is 2.28. The second kappa shape index (κ2) is 5.24. The summed E-state index contributed by atoms with van der Waals surface area (Å²) in [6, 6.07) is 4.04. The van der Waals surface area contributed by atoms with Crippen LogP contribution in [0.3, 0.4) is 0 Å². The molecule has 0 saturated carbocycles. The number of hydrogen-bond acceptors (Lipinski definition) is 3. The van der Waals surface area contributed by atoms with Crippen molar-refractivity contribution < 1.29 is 12.8 Å². The van der Waals surface area contributed by atoms with Gasteiger partial charge in [-0.25, -0.2) is 12.8 Å². The second-order valence-corrected chi connectivity index (χ2v) is 7.01. The Kier molecular flexibility index (Phi) is 4.05. The number of likely N-dealkylation sites (N-methyl/N-ethyl adjacent to an activating group) is 1. The fourth-order valence-corrected chi connectivity index (χ4v) is 3.73. The molecule has 7 heteroatoms. The summed E-state index contributed by atoms with van der Waals surface area (Å²) < 4.78 is 39.6. The molecule has 18 heavy (non-hydrogen) atoms. The third-order valence-corrected chi connectivity index (χ3v) is 5.59. The highest BCUT2D eigenvalue weighted by Gasteiger charge is 2.32. The standard InChI is InChI=1S/C11H14BrFN2O2S/c1-14-8-4-5-15(7-8)18(16,17)9-2-3-10(12)11(13)6-9/h2-3,6,8,14H,4-5,7H2,1H3. The summed E-state index contributed by atoms with van der Waals surface area (Å²) in [5.41, 5.74) is 0. The van der Waals surface area contributed by atoms with Crippen LogP contribution in [0.5, 0.6) is 0 Å². The normalized spacial score (nSPS) is 21.4. The summed E-state index contributed by atoms with van der Waals surface area (Å²) in [4.78, 5) is -0.0000435. The van der Waals surface area contributed by atoms with E-state index in [9.17, 15) is 12.8 Å². The Morgan fingerprint density at radius 1 is 1.50 bits per heavy atom. The first-order valence-electron chi connectivity index (χ1n) is 5.57. The maximum Gasteiger partial charge on any atom is 0.243 e. The number of nitrogens with zero attached hydrogens (tertiary/aromatic N) is 1. The van der Waals surface area contributed by atoms with Gasteiger partial charge >= 0.3 is 0 Å². The number of rotatable bonds is 3. The Hall–Kier alpha value is -0.500. The van der Waals surface area contributed by atoms with Crippen LogP contribution in [-0.2, 0) is 10.0 Å². The van der Waals surface area contributed by atoms with Crippen LogP contribution in [0, 0.1) is 5.82 Å². The van der Waals surface area contributed by atoms with Gasteiger partial charge in [-0.05, 0) is 47.6 Å². The van der Waals surface area contributed by atoms with Crippen LogP contribution in [0.2, 0.25) is 0 Å². The van der Waals surface area contributed by atoms with Gasteiger partial charge in [0.2, 0.25) is 10.0 Å². The molecule has 1 aliphatic heterocycles. The molecule has 0 aliphatic carbocycles. The fraction of sp³-hybridized carbons (Fsp3) is 0.455. The van der Waals surface area contributed by atoms with Crippen molar-refractivity contribution in [3.8, 4) is 0 Å². The van der Waals surface area contributed by atoms with Gasteiger partial charge in [-0.15, -0.1) is 0 Å². The lowest BCUT2D eigenvalue weighted by molar-refractivity contribution is 0.464. The van der Waals surface area contributed by atoms with Crippen LogP contribution < -0.4 is 5.32 Å². The van der Waals surface area contributed by atoms with E-state index in [1.807, 2.05) is 0 Å². The third kappa shape index (κ3) is 2.59. The van der Waals surface area contributed by atoms with Gasteiger partial charge < -0.3 is 5.32 Å². The molecule has 0 radical (unpaired) electrons. The van der Waals surface area contributed by atoms with E-state index < -0.39 is 15.8 Å². The van der Waals surface area contributed by atoms with Crippen LogP contribution in [0.4, 0.5) is 4.39 Å². The zero-order chi connectivity index (χ0) is 13.3. The van der Waals surface area contributed by atoms with E-state index in [0.29, 0.717) is 13.1 Å². The highest BCUT2D eigenvalue weighted by atomic mass is 79.9. The molecule has 1 unspecified atom stereocenters. The molecule has 4 nitrogen and oxygen atoms in total. The van der Waals surface area contributed by atoms with Crippen molar-refractivity contribution in [2.45, 2.75) is 17.4 Å². The van der Waals surface area contributed by atoms with E-state index in [1.165, 1.54) is 16.4 Å². The Bertz CT molecular complexity index is 550. The first kappa shape index (κ1) is 13.9. The topological polar surface area (TPSA) is 49.4 Å². The maximum absolute atomic E-state index is 13.4. The minimum Gasteiger partial charge on any atom is -0.316 e. The lowest BCUT2D eigenvalue weighted by Gasteiger charge is -2.16. The Morgan fingerprint density at radius 2 is 2.22 bits per heavy atom. The van der Waals surface area contributed by atoms with Gasteiger partial charge in [0.15, 0.2) is 0 Å². The van der Waals surface area contributed by atoms with Crippen molar-refractivity contribution in [3.05, 3.63) is 28.5 Å². The summed E-state index contributed by atoms with van der Waals surface area (Å²) in [7, 11) is -1.78. The van der Waals surface area contributed by atoms with Crippen LogP contribution in [0.15, 0.2) is 27.6 Å². The highest BCUT2D eigenvalue weighted by molar-refractivity contribution is 9.10. The van der Waals surface area contributed by atoms with Crippen LogP contribution >= 0.6 is 15.9 Å². The van der Waals surface area contributed by atoms with Gasteiger partial charge in [0.25, 0.3) is 0 Å². The number of benzene rings is 1. The third-order valence-electron chi connectivity index (χ3n) is 3.09. The van der Waals surface area contributed by atoms with E-state index in [0.717, 1.165) is 12.5 Å². The molecule has 0 spiro atoms. The fourth-order valence-electron chi connectivity index (χ4n) is 1.97. The molecule has 2 rings (SSSR count). The zero-order valence-corrected chi connectivity index (χ0v) is 12.3. The lowest BCUT2D eigenvalue weighted by atomic mass is 10.3. The van der Waals surface area contributed by atoms with Crippen molar-refractivity contribution in [1.29, 1.82) is 0 Å². The molecule has 1 aromatic rings. The summed E-state index contributed by atoms with van der Waals surface area (Å²) >= 11 is 3.01. The van der Waals surface area contributed by atoms with Crippen molar-refractivity contribution in [2.24, 2.45) is 0 Å². The molecular formula is C11H14BrFN2O2S. The maximum atomic E-state index is 13.4. The SMILES string of the molecule is CNC1CCN(S(=O)(=O)c2ccc(Br)c(F)c2)C1. The average Bonchev–Trinajstić information content (AvgIpc) is 2.81. The molecule has 1 aliphatic rings. The van der Waals surface area contributed by atoms with Gasteiger partial charge in [0.05, 0.1) is 9.37 Å². The number of hydrogen-bond donors (Lipinski definition) is 1. The molecule has 0 amide bonds. The van der Waals surface area contributed by atoms with E-state index in [4.69, 9.17) is 0 Å². The molecule has 1 atom stereocenters. The monoisotopic (exact) mass is 336 g/mol. The van der Waals surface area contributed by atoms with Gasteiger partial charge in [-0.3, -0.25) is 0 Å². The molecule has 100 valence electrons. The summed E-state index contributed by atoms with van der Waals surface area (Å²) in [6.45, 7) is 0.891. The minimum atomic E-state index is -3.59. The van der Waals surface area contributed by atoms with Crippen LogP contribution in [0.25, 0.3) is 0 Å². The molecule has 1 N–H and O–H groups in total. The number of sulfonamides is 1. The Morgan fingerprint density at radius 3 is 2.78 bits per heavy atom. The summed E-state index contributed by atoms with van der Waals surface area (Å²) in [5.74, 6) is -0.569. The summed E-state index contributed by atoms with van der Waals surface area (Å²) in [6.07, 6.45) is 0.773. The smallest absolute Gasteiger partial charge is 0.243 e. The first-order valence-corrected chi connectivity index (χ1v) is 7.81. The molecule has 1 fully saturated rings. The molecule has 0 bridgehead atoms. The van der Waals surface area contributed by atoms with Gasteiger partial charge in [-0.2, -0.15) is 4.31 Å². The molecular weight excluding hydrogens is 323 g/mol. The van der Waals surface area contributed by atoms with Crippen molar-refractivity contribution in [2.75, 3.05) is 20.1 Å². The number of nitrogens with one attached hydrogen (secondary N) is 1. The Labute approximate surface area is 114 Å². The molecule has 1 heterocycles. The number of halogens is 2. The van der Waals surface area contributed by atoms with E-state index in [2.05, 4.69) is 21.2 Å². The van der Waals surface area contributed by atoms with E-state index >= 15 is 0 Å². The quantitative estimate of drug-likeness (QED) is 0.911. The minimum absolute atomic E-state index is 0.0000435. The first-order chi connectivity index (χ1) is 8.45. The lowest BCUT2D eigenvalue weighted by Crippen LogP contribution is -2.33. The highest BCUT2D eigenvalue weighted by Crippen LogP contribution is 2.24. The van der Waals surface area contributed by atoms with Crippen LogP contribution in [-0.4, -0.2) is 38.9 Å². The van der Waals surface area contributed by atoms with Gasteiger partial charge in [0.1, 0.15) is 5.82 Å². The molecule has 1 saturated heterocycles. The van der Waals surface area contributed by atoms with Crippen LogP contribution in [0.1, 0.15) is 6.42 Å². The van der Waals surface area contributed by atoms with Crippen molar-refractivity contribution in [1.82, 2.24) is 9.62 Å². The average molecular weight is 337 g/mol. The molecule has 0 aromatic heterocycles. The zero-order valence-electron chi connectivity index (χ0n) is 9.86. The predicted octanol–water partition coefficient (Wildman–Crippen LogP) is 1.57. The van der Waals surface area contributed by atoms with E-state index in [-0.39, 0.29) is 15.4 Å². The molecule has 1 aromatic carbocycles.